The molecule has 3 rings (SSSR count). The molecule has 8 heteroatoms. The number of imidazole rings is 1. The maximum atomic E-state index is 5.70. The highest BCUT2D eigenvalue weighted by atomic mass is 16.6. The molecule has 1 saturated heterocycles. The second-order valence-corrected chi connectivity index (χ2v) is 4.06. The fourth-order valence-electron chi connectivity index (χ4n) is 1.76. The lowest BCUT2D eigenvalue weighted by Crippen LogP contribution is -2.18. The van der Waals surface area contributed by atoms with Crippen molar-refractivity contribution in [3.8, 4) is 12.0 Å². The zero-order valence-corrected chi connectivity index (χ0v) is 10.5. The molecular weight excluding hydrogens is 248 g/mol. The Kier molecular flexibility index (Phi) is 3.23. The van der Waals surface area contributed by atoms with Crippen molar-refractivity contribution >= 4 is 5.95 Å². The Labute approximate surface area is 109 Å². The normalized spacial score (nSPS) is 18.5. The van der Waals surface area contributed by atoms with Gasteiger partial charge in [0.1, 0.15) is 12.4 Å². The third-order valence-electron chi connectivity index (χ3n) is 2.72. The lowest BCUT2D eigenvalue weighted by Gasteiger charge is -2.11. The highest BCUT2D eigenvalue weighted by Crippen LogP contribution is 2.15. The van der Waals surface area contributed by atoms with Crippen molar-refractivity contribution in [1.82, 2.24) is 24.5 Å². The van der Waals surface area contributed by atoms with Gasteiger partial charge in [0.25, 0.3) is 0 Å². The number of hydrogen-bond donors (Lipinski definition) is 1. The minimum absolute atomic E-state index is 0.00254. The first kappa shape index (κ1) is 11.8. The van der Waals surface area contributed by atoms with Gasteiger partial charge in [-0.3, -0.25) is 4.57 Å². The monoisotopic (exact) mass is 262 g/mol. The molecule has 100 valence electrons. The lowest BCUT2D eigenvalue weighted by atomic mass is 10.3. The summed E-state index contributed by atoms with van der Waals surface area (Å²) in [5.74, 6) is 0.915. The van der Waals surface area contributed by atoms with Crippen LogP contribution in [0.25, 0.3) is 5.95 Å². The standard InChI is InChI=1S/C11H14N6O2/c1-12-9-14-10(17-4-3-13-7-17)16-11(15-9)19-8-2-5-18-6-8/h3-4,7-8H,2,5-6H2,1H3,(H,12,14,15,16). The molecule has 0 radical (unpaired) electrons. The average Bonchev–Trinajstić information content (AvgIpc) is 3.11. The van der Waals surface area contributed by atoms with Crippen molar-refractivity contribution in [2.75, 3.05) is 25.6 Å². The van der Waals surface area contributed by atoms with Crippen LogP contribution < -0.4 is 10.1 Å². The molecule has 1 fully saturated rings. The molecule has 0 spiro atoms. The van der Waals surface area contributed by atoms with Gasteiger partial charge in [-0.25, -0.2) is 4.98 Å². The number of rotatable bonds is 4. The molecule has 1 aliphatic rings. The van der Waals surface area contributed by atoms with Gasteiger partial charge >= 0.3 is 6.01 Å². The van der Waals surface area contributed by atoms with E-state index in [1.54, 1.807) is 30.3 Å². The highest BCUT2D eigenvalue weighted by Gasteiger charge is 2.19. The first-order valence-electron chi connectivity index (χ1n) is 6.02. The number of ether oxygens (including phenoxy) is 2. The Morgan fingerprint density at radius 2 is 2.37 bits per heavy atom. The summed E-state index contributed by atoms with van der Waals surface area (Å²) < 4.78 is 12.7. The minimum atomic E-state index is 0.00254. The zero-order valence-electron chi connectivity index (χ0n) is 10.5. The van der Waals surface area contributed by atoms with Gasteiger partial charge in [0, 0.05) is 25.9 Å². The van der Waals surface area contributed by atoms with Crippen LogP contribution in [0.1, 0.15) is 6.42 Å². The fourth-order valence-corrected chi connectivity index (χ4v) is 1.76. The van der Waals surface area contributed by atoms with Crippen LogP contribution >= 0.6 is 0 Å². The van der Waals surface area contributed by atoms with Crippen LogP contribution in [0.5, 0.6) is 6.01 Å². The highest BCUT2D eigenvalue weighted by molar-refractivity contribution is 5.29. The van der Waals surface area contributed by atoms with E-state index in [0.29, 0.717) is 31.1 Å². The fraction of sp³-hybridized carbons (Fsp3) is 0.455. The minimum Gasteiger partial charge on any atom is -0.457 e. The molecule has 8 nitrogen and oxygen atoms in total. The lowest BCUT2D eigenvalue weighted by molar-refractivity contribution is 0.134. The van der Waals surface area contributed by atoms with Crippen molar-refractivity contribution in [2.24, 2.45) is 0 Å². The molecule has 2 aromatic heterocycles. The molecule has 0 aromatic carbocycles. The maximum absolute atomic E-state index is 5.70. The summed E-state index contributed by atoms with van der Waals surface area (Å²) >= 11 is 0. The molecule has 3 heterocycles. The molecular formula is C11H14N6O2. The topological polar surface area (TPSA) is 87.0 Å². The van der Waals surface area contributed by atoms with Crippen LogP contribution in [0.2, 0.25) is 0 Å². The van der Waals surface area contributed by atoms with E-state index in [2.05, 4.69) is 25.3 Å². The molecule has 1 aliphatic heterocycles. The third kappa shape index (κ3) is 2.63. The number of nitrogens with zero attached hydrogens (tertiary/aromatic N) is 5. The maximum Gasteiger partial charge on any atom is 0.323 e. The van der Waals surface area contributed by atoms with E-state index in [1.807, 2.05) is 0 Å². The van der Waals surface area contributed by atoms with E-state index < -0.39 is 0 Å². The first-order valence-corrected chi connectivity index (χ1v) is 6.02. The van der Waals surface area contributed by atoms with Crippen molar-refractivity contribution in [1.29, 1.82) is 0 Å². The molecule has 0 aliphatic carbocycles. The molecule has 1 N–H and O–H groups in total. The molecule has 19 heavy (non-hydrogen) atoms. The predicted molar refractivity (Wildman–Crippen MR) is 66.3 cm³/mol. The number of aromatic nitrogens is 5. The Morgan fingerprint density at radius 1 is 1.42 bits per heavy atom. The van der Waals surface area contributed by atoms with Crippen LogP contribution in [0.4, 0.5) is 5.95 Å². The molecule has 2 aromatic rings. The molecule has 0 bridgehead atoms. The van der Waals surface area contributed by atoms with Crippen LogP contribution in [0, 0.1) is 0 Å². The third-order valence-corrected chi connectivity index (χ3v) is 2.72. The van der Waals surface area contributed by atoms with E-state index in [4.69, 9.17) is 9.47 Å². The van der Waals surface area contributed by atoms with E-state index >= 15 is 0 Å². The SMILES string of the molecule is CNc1nc(OC2CCOC2)nc(-n2ccnc2)n1. The van der Waals surface area contributed by atoms with Crippen molar-refractivity contribution in [3.63, 3.8) is 0 Å². The first-order chi connectivity index (χ1) is 9.35. The largest absolute Gasteiger partial charge is 0.457 e. The Bertz CT molecular complexity index is 538. The van der Waals surface area contributed by atoms with Gasteiger partial charge in [-0.05, 0) is 0 Å². The van der Waals surface area contributed by atoms with Gasteiger partial charge in [0.2, 0.25) is 11.9 Å². The van der Waals surface area contributed by atoms with Crippen LogP contribution in [0.15, 0.2) is 18.7 Å². The Balaban J connectivity index is 1.88. The molecule has 1 unspecified atom stereocenters. The van der Waals surface area contributed by atoms with Crippen molar-refractivity contribution < 1.29 is 9.47 Å². The summed E-state index contributed by atoms with van der Waals surface area (Å²) in [5, 5.41) is 2.89. The quantitative estimate of drug-likeness (QED) is 0.846. The van der Waals surface area contributed by atoms with E-state index in [0.717, 1.165) is 6.42 Å². The van der Waals surface area contributed by atoms with Gasteiger partial charge in [-0.1, -0.05) is 0 Å². The summed E-state index contributed by atoms with van der Waals surface area (Å²) in [6, 6.07) is 0.290. The second-order valence-electron chi connectivity index (χ2n) is 4.06. The summed E-state index contributed by atoms with van der Waals surface area (Å²) in [7, 11) is 1.75. The van der Waals surface area contributed by atoms with Crippen molar-refractivity contribution in [2.45, 2.75) is 12.5 Å². The van der Waals surface area contributed by atoms with Gasteiger partial charge in [-0.2, -0.15) is 15.0 Å². The summed E-state index contributed by atoms with van der Waals surface area (Å²) in [6.07, 6.45) is 5.90. The van der Waals surface area contributed by atoms with Gasteiger partial charge < -0.3 is 14.8 Å². The van der Waals surface area contributed by atoms with Gasteiger partial charge in [0.15, 0.2) is 0 Å². The van der Waals surface area contributed by atoms with Crippen LogP contribution in [0.3, 0.4) is 0 Å². The Morgan fingerprint density at radius 3 is 3.05 bits per heavy atom. The van der Waals surface area contributed by atoms with Gasteiger partial charge in [0.05, 0.1) is 13.2 Å². The van der Waals surface area contributed by atoms with E-state index in [1.165, 1.54) is 0 Å². The zero-order chi connectivity index (χ0) is 13.1. The number of hydrogen-bond acceptors (Lipinski definition) is 7. The van der Waals surface area contributed by atoms with Gasteiger partial charge in [-0.15, -0.1) is 0 Å². The molecule has 1 atom stereocenters. The van der Waals surface area contributed by atoms with Crippen LogP contribution in [-0.4, -0.2) is 50.9 Å². The average molecular weight is 262 g/mol. The Hall–Kier alpha value is -2.22. The number of nitrogens with one attached hydrogen (secondary N) is 1. The summed E-state index contributed by atoms with van der Waals surface area (Å²) in [5.41, 5.74) is 0. The second kappa shape index (κ2) is 5.19. The van der Waals surface area contributed by atoms with Crippen molar-refractivity contribution in [3.05, 3.63) is 18.7 Å². The number of anilines is 1. The molecule has 0 amide bonds. The van der Waals surface area contributed by atoms with E-state index in [9.17, 15) is 0 Å². The summed E-state index contributed by atoms with van der Waals surface area (Å²) in [6.45, 7) is 1.28. The van der Waals surface area contributed by atoms with E-state index in [-0.39, 0.29) is 6.10 Å². The predicted octanol–water partition coefficient (Wildman–Crippen LogP) is 0.267. The smallest absolute Gasteiger partial charge is 0.323 e. The molecule has 0 saturated carbocycles. The summed E-state index contributed by atoms with van der Waals surface area (Å²) in [4.78, 5) is 16.7. The van der Waals surface area contributed by atoms with Crippen LogP contribution in [-0.2, 0) is 4.74 Å².